The number of fused-ring (bicyclic) bond motifs is 1. The number of hydrogen-bond donors (Lipinski definition) is 1. The number of hydrogen-bond acceptors (Lipinski definition) is 5. The molecule has 7 nitrogen and oxygen atoms in total. The first-order chi connectivity index (χ1) is 13.5. The molecule has 0 aliphatic carbocycles. The second-order valence-electron chi connectivity index (χ2n) is 6.41. The fraction of sp³-hybridized carbons (Fsp3) is 0.211. The van der Waals surface area contributed by atoms with E-state index in [1.807, 2.05) is 0 Å². The van der Waals surface area contributed by atoms with Gasteiger partial charge in [-0.05, 0) is 24.6 Å². The average molecular weight is 383 g/mol. The van der Waals surface area contributed by atoms with Gasteiger partial charge < -0.3 is 9.88 Å². The monoisotopic (exact) mass is 383 g/mol. The molecule has 0 unspecified atom stereocenters. The molecule has 1 amide bonds. The summed E-state index contributed by atoms with van der Waals surface area (Å²) in [6.45, 7) is 0.417. The van der Waals surface area contributed by atoms with E-state index in [1.54, 1.807) is 0 Å². The SMILES string of the molecule is O=C(Cc1cc(F)ccc1F)N1CCc2c(nc(-c3cnccn3)[nH]c2=O)C1. The molecule has 28 heavy (non-hydrogen) atoms. The maximum absolute atomic E-state index is 13.8. The molecular weight excluding hydrogens is 368 g/mol. The zero-order chi connectivity index (χ0) is 19.7. The lowest BCUT2D eigenvalue weighted by Crippen LogP contribution is -2.40. The van der Waals surface area contributed by atoms with Gasteiger partial charge in [0, 0.05) is 30.1 Å². The van der Waals surface area contributed by atoms with E-state index in [2.05, 4.69) is 19.9 Å². The molecule has 0 bridgehead atoms. The Morgan fingerprint density at radius 1 is 1.25 bits per heavy atom. The first kappa shape index (κ1) is 17.9. The maximum atomic E-state index is 13.8. The van der Waals surface area contributed by atoms with Gasteiger partial charge in [0.05, 0.1) is 24.9 Å². The van der Waals surface area contributed by atoms with Crippen molar-refractivity contribution in [3.05, 3.63) is 75.6 Å². The highest BCUT2D eigenvalue weighted by Crippen LogP contribution is 2.19. The van der Waals surface area contributed by atoms with Crippen LogP contribution in [0.15, 0.2) is 41.6 Å². The van der Waals surface area contributed by atoms with Crippen molar-refractivity contribution in [2.75, 3.05) is 6.54 Å². The van der Waals surface area contributed by atoms with Crippen molar-refractivity contribution in [1.29, 1.82) is 0 Å². The van der Waals surface area contributed by atoms with Gasteiger partial charge >= 0.3 is 0 Å². The first-order valence-corrected chi connectivity index (χ1v) is 8.61. The fourth-order valence-electron chi connectivity index (χ4n) is 3.15. The number of benzene rings is 1. The van der Waals surface area contributed by atoms with Crippen molar-refractivity contribution in [2.45, 2.75) is 19.4 Å². The van der Waals surface area contributed by atoms with Crippen LogP contribution in [0, 0.1) is 11.6 Å². The van der Waals surface area contributed by atoms with Crippen molar-refractivity contribution >= 4 is 5.91 Å². The third-order valence-electron chi connectivity index (χ3n) is 4.58. The van der Waals surface area contributed by atoms with Crippen molar-refractivity contribution in [3.8, 4) is 11.5 Å². The highest BCUT2D eigenvalue weighted by atomic mass is 19.1. The van der Waals surface area contributed by atoms with Gasteiger partial charge in [0.25, 0.3) is 5.56 Å². The van der Waals surface area contributed by atoms with E-state index in [1.165, 1.54) is 23.5 Å². The number of aromatic nitrogens is 4. The number of nitrogens with zero attached hydrogens (tertiary/aromatic N) is 4. The van der Waals surface area contributed by atoms with E-state index in [4.69, 9.17) is 0 Å². The molecule has 0 spiro atoms. The Bertz CT molecular complexity index is 1100. The van der Waals surface area contributed by atoms with Crippen LogP contribution in [0.5, 0.6) is 0 Å². The smallest absolute Gasteiger partial charge is 0.254 e. The Hall–Kier alpha value is -3.49. The molecule has 1 aromatic carbocycles. The lowest BCUT2D eigenvalue weighted by molar-refractivity contribution is -0.131. The molecule has 0 fully saturated rings. The molecule has 1 aliphatic rings. The minimum Gasteiger partial charge on any atom is -0.336 e. The Morgan fingerprint density at radius 3 is 2.89 bits per heavy atom. The van der Waals surface area contributed by atoms with Crippen LogP contribution in [-0.2, 0) is 24.2 Å². The van der Waals surface area contributed by atoms with Gasteiger partial charge in [-0.2, -0.15) is 0 Å². The topological polar surface area (TPSA) is 91.8 Å². The second kappa shape index (κ2) is 7.26. The average Bonchev–Trinajstić information content (AvgIpc) is 2.71. The predicted molar refractivity (Wildman–Crippen MR) is 95.1 cm³/mol. The zero-order valence-electron chi connectivity index (χ0n) is 14.7. The van der Waals surface area contributed by atoms with Gasteiger partial charge in [-0.3, -0.25) is 14.6 Å². The number of amides is 1. The molecule has 1 N–H and O–H groups in total. The highest BCUT2D eigenvalue weighted by Gasteiger charge is 2.25. The summed E-state index contributed by atoms with van der Waals surface area (Å²) in [5, 5.41) is 0. The minimum absolute atomic E-state index is 0.00471. The molecular formula is C19H15F2N5O2. The molecule has 0 saturated heterocycles. The highest BCUT2D eigenvalue weighted by molar-refractivity contribution is 5.79. The number of halogens is 2. The quantitative estimate of drug-likeness (QED) is 0.742. The number of aromatic amines is 1. The Kier molecular flexibility index (Phi) is 4.64. The molecule has 0 saturated carbocycles. The number of carbonyl (C=O) groups is 1. The molecule has 3 aromatic rings. The molecule has 142 valence electrons. The molecule has 1 aliphatic heterocycles. The first-order valence-electron chi connectivity index (χ1n) is 8.61. The summed E-state index contributed by atoms with van der Waals surface area (Å²) in [5.74, 6) is -1.33. The van der Waals surface area contributed by atoms with E-state index in [9.17, 15) is 18.4 Å². The molecule has 0 atom stereocenters. The summed E-state index contributed by atoms with van der Waals surface area (Å²) in [4.78, 5) is 41.6. The third-order valence-corrected chi connectivity index (χ3v) is 4.58. The number of nitrogens with one attached hydrogen (secondary N) is 1. The van der Waals surface area contributed by atoms with E-state index in [0.717, 1.165) is 18.2 Å². The molecule has 3 heterocycles. The van der Waals surface area contributed by atoms with Crippen LogP contribution in [0.25, 0.3) is 11.5 Å². The standard InChI is InChI=1S/C19H15F2N5O2/c20-12-1-2-14(21)11(7-12)8-17(27)26-6-3-13-16(10-26)24-18(25-19(13)28)15-9-22-4-5-23-15/h1-2,4-5,7,9H,3,6,8,10H2,(H,24,25,28). The summed E-state index contributed by atoms with van der Waals surface area (Å²) in [5.41, 5.74) is 1.09. The van der Waals surface area contributed by atoms with Crippen molar-refractivity contribution in [1.82, 2.24) is 24.8 Å². The number of rotatable bonds is 3. The summed E-state index contributed by atoms with van der Waals surface area (Å²) in [6.07, 6.45) is 4.53. The van der Waals surface area contributed by atoms with E-state index >= 15 is 0 Å². The maximum Gasteiger partial charge on any atom is 0.254 e. The van der Waals surface area contributed by atoms with Gasteiger partial charge in [0.1, 0.15) is 17.3 Å². The molecule has 2 aromatic heterocycles. The van der Waals surface area contributed by atoms with Gasteiger partial charge in [-0.1, -0.05) is 0 Å². The van der Waals surface area contributed by atoms with Crippen LogP contribution in [0.1, 0.15) is 16.8 Å². The van der Waals surface area contributed by atoms with E-state index in [0.29, 0.717) is 29.9 Å². The second-order valence-corrected chi connectivity index (χ2v) is 6.41. The Morgan fingerprint density at radius 2 is 2.11 bits per heavy atom. The normalized spacial score (nSPS) is 13.3. The van der Waals surface area contributed by atoms with Crippen LogP contribution in [0.4, 0.5) is 8.78 Å². The molecule has 9 heteroatoms. The number of H-pyrrole nitrogens is 1. The zero-order valence-corrected chi connectivity index (χ0v) is 14.7. The van der Waals surface area contributed by atoms with Gasteiger partial charge in [0.2, 0.25) is 5.91 Å². The van der Waals surface area contributed by atoms with Gasteiger partial charge in [-0.15, -0.1) is 0 Å². The van der Waals surface area contributed by atoms with Gasteiger partial charge in [0.15, 0.2) is 5.82 Å². The van der Waals surface area contributed by atoms with Crippen molar-refractivity contribution in [3.63, 3.8) is 0 Å². The van der Waals surface area contributed by atoms with Crippen LogP contribution >= 0.6 is 0 Å². The Balaban J connectivity index is 1.58. The lowest BCUT2D eigenvalue weighted by atomic mass is 10.0. The third kappa shape index (κ3) is 3.51. The predicted octanol–water partition coefficient (Wildman–Crippen LogP) is 1.63. The minimum atomic E-state index is -0.633. The summed E-state index contributed by atoms with van der Waals surface area (Å²) >= 11 is 0. The summed E-state index contributed by atoms with van der Waals surface area (Å²) in [7, 11) is 0. The van der Waals surface area contributed by atoms with E-state index < -0.39 is 11.6 Å². The molecule has 0 radical (unpaired) electrons. The Labute approximate surface area is 158 Å². The van der Waals surface area contributed by atoms with Crippen molar-refractivity contribution < 1.29 is 13.6 Å². The lowest BCUT2D eigenvalue weighted by Gasteiger charge is -2.28. The largest absolute Gasteiger partial charge is 0.336 e. The van der Waals surface area contributed by atoms with Crippen LogP contribution in [0.3, 0.4) is 0 Å². The van der Waals surface area contributed by atoms with Crippen LogP contribution in [0.2, 0.25) is 0 Å². The number of carbonyl (C=O) groups excluding carboxylic acids is 1. The summed E-state index contributed by atoms with van der Waals surface area (Å²) in [6, 6.07) is 3.02. The van der Waals surface area contributed by atoms with Crippen LogP contribution < -0.4 is 5.56 Å². The van der Waals surface area contributed by atoms with Crippen LogP contribution in [-0.4, -0.2) is 37.3 Å². The van der Waals surface area contributed by atoms with E-state index in [-0.39, 0.29) is 35.8 Å². The fourth-order valence-corrected chi connectivity index (χ4v) is 3.15. The van der Waals surface area contributed by atoms with Gasteiger partial charge in [-0.25, -0.2) is 18.7 Å². The summed E-state index contributed by atoms with van der Waals surface area (Å²) < 4.78 is 27.2. The molecule has 4 rings (SSSR count). The van der Waals surface area contributed by atoms with Crippen molar-refractivity contribution in [2.24, 2.45) is 0 Å².